The zero-order chi connectivity index (χ0) is 20.3. The van der Waals surface area contributed by atoms with Gasteiger partial charge < -0.3 is 15.0 Å². The van der Waals surface area contributed by atoms with Gasteiger partial charge in [0.1, 0.15) is 5.75 Å². The minimum atomic E-state index is -1.07. The third-order valence-electron chi connectivity index (χ3n) is 3.84. The second kappa shape index (κ2) is 7.70. The van der Waals surface area contributed by atoms with Gasteiger partial charge in [0.15, 0.2) is 0 Å². The second-order valence-electron chi connectivity index (χ2n) is 5.70. The number of carbonyl (C=O) groups is 1. The molecule has 1 aromatic carbocycles. The van der Waals surface area contributed by atoms with Crippen molar-refractivity contribution in [1.29, 1.82) is 0 Å². The van der Waals surface area contributed by atoms with Gasteiger partial charge in [0.25, 0.3) is 6.04 Å². The van der Waals surface area contributed by atoms with E-state index in [1.165, 1.54) is 18.2 Å². The van der Waals surface area contributed by atoms with Crippen LogP contribution in [0.5, 0.6) is 5.75 Å². The van der Waals surface area contributed by atoms with E-state index in [1.807, 2.05) is 6.92 Å². The molecule has 1 aromatic heterocycles. The van der Waals surface area contributed by atoms with Crippen molar-refractivity contribution >= 4 is 29.4 Å². The van der Waals surface area contributed by atoms with Gasteiger partial charge in [-0.2, -0.15) is 0 Å². The van der Waals surface area contributed by atoms with Crippen LogP contribution >= 0.6 is 0 Å². The van der Waals surface area contributed by atoms with Gasteiger partial charge in [-0.1, -0.05) is 0 Å². The minimum absolute atomic E-state index is 0.243. The number of nitrogens with zero attached hydrogens (tertiary/aromatic N) is 3. The molecular formula is C17H15N5O6. The van der Waals surface area contributed by atoms with Crippen LogP contribution in [0.2, 0.25) is 0 Å². The zero-order valence-corrected chi connectivity index (χ0v) is 14.6. The van der Waals surface area contributed by atoms with E-state index in [-0.39, 0.29) is 16.5 Å². The molecule has 0 bridgehead atoms. The molecule has 1 atom stereocenters. The van der Waals surface area contributed by atoms with Crippen LogP contribution in [-0.4, -0.2) is 38.4 Å². The van der Waals surface area contributed by atoms with E-state index in [9.17, 15) is 25.0 Å². The monoisotopic (exact) mass is 385 g/mol. The predicted molar refractivity (Wildman–Crippen MR) is 98.8 cm³/mol. The molecular weight excluding hydrogens is 370 g/mol. The summed E-state index contributed by atoms with van der Waals surface area (Å²) in [6.07, 6.45) is 3.96. The molecule has 28 heavy (non-hydrogen) atoms. The fourth-order valence-corrected chi connectivity index (χ4v) is 2.58. The molecule has 0 saturated carbocycles. The summed E-state index contributed by atoms with van der Waals surface area (Å²) in [5.41, 5.74) is -0.476. The Morgan fingerprint density at radius 1 is 1.29 bits per heavy atom. The number of amides is 1. The summed E-state index contributed by atoms with van der Waals surface area (Å²) in [7, 11) is 0. The SMILES string of the molecule is CCOc1ccc(NC(=O)/C(=c2\nc3c([nH]2)=CC([N+](=O)[O-])C=C3)[N+](=O)[O-])cc1. The molecule has 0 spiro atoms. The van der Waals surface area contributed by atoms with E-state index >= 15 is 0 Å². The van der Waals surface area contributed by atoms with Crippen molar-refractivity contribution < 1.29 is 19.4 Å². The average Bonchev–Trinajstić information content (AvgIpc) is 3.05. The van der Waals surface area contributed by atoms with Gasteiger partial charge in [-0.3, -0.25) is 25.0 Å². The molecule has 1 amide bonds. The topological polar surface area (TPSA) is 153 Å². The quantitative estimate of drug-likeness (QED) is 0.535. The Kier molecular flexibility index (Phi) is 5.16. The van der Waals surface area contributed by atoms with E-state index in [0.29, 0.717) is 18.0 Å². The van der Waals surface area contributed by atoms with Gasteiger partial charge >= 0.3 is 11.6 Å². The number of aromatic amines is 1. The van der Waals surface area contributed by atoms with E-state index in [2.05, 4.69) is 15.3 Å². The van der Waals surface area contributed by atoms with Crippen LogP contribution in [0.25, 0.3) is 17.8 Å². The van der Waals surface area contributed by atoms with Crippen LogP contribution in [0.1, 0.15) is 12.6 Å². The number of imidazole rings is 1. The van der Waals surface area contributed by atoms with Gasteiger partial charge in [-0.25, -0.2) is 4.98 Å². The maximum absolute atomic E-state index is 12.4. The minimum Gasteiger partial charge on any atom is -0.494 e. The summed E-state index contributed by atoms with van der Waals surface area (Å²) >= 11 is 0. The van der Waals surface area contributed by atoms with E-state index in [4.69, 9.17) is 4.74 Å². The molecule has 144 valence electrons. The highest BCUT2D eigenvalue weighted by Gasteiger charge is 2.27. The first-order valence-electron chi connectivity index (χ1n) is 8.21. The number of H-pyrrole nitrogens is 1. The fraction of sp³-hybridized carbons (Fsp3) is 0.176. The van der Waals surface area contributed by atoms with Crippen LogP contribution in [0, 0.1) is 20.2 Å². The maximum Gasteiger partial charge on any atom is 0.375 e. The van der Waals surface area contributed by atoms with Crippen molar-refractivity contribution in [3.8, 4) is 5.75 Å². The van der Waals surface area contributed by atoms with Crippen LogP contribution in [0.15, 0.2) is 30.3 Å². The smallest absolute Gasteiger partial charge is 0.375 e. The Morgan fingerprint density at radius 3 is 2.61 bits per heavy atom. The fourth-order valence-electron chi connectivity index (χ4n) is 2.58. The molecule has 11 heteroatoms. The third-order valence-corrected chi connectivity index (χ3v) is 3.84. The van der Waals surface area contributed by atoms with Gasteiger partial charge in [0.2, 0.25) is 5.48 Å². The van der Waals surface area contributed by atoms with Gasteiger partial charge in [0.05, 0.1) is 22.6 Å². The first kappa shape index (κ1) is 18.8. The van der Waals surface area contributed by atoms with E-state index < -0.39 is 27.5 Å². The summed E-state index contributed by atoms with van der Waals surface area (Å²) < 4.78 is 5.29. The average molecular weight is 385 g/mol. The highest BCUT2D eigenvalue weighted by Crippen LogP contribution is 2.16. The Morgan fingerprint density at radius 2 is 2.00 bits per heavy atom. The molecule has 0 fully saturated rings. The Balaban J connectivity index is 1.95. The lowest BCUT2D eigenvalue weighted by Crippen LogP contribution is -2.29. The number of rotatable bonds is 6. The number of nitro groups is 2. The Hall–Kier alpha value is -4.02. The molecule has 1 heterocycles. The normalized spacial score (nSPS) is 15.8. The summed E-state index contributed by atoms with van der Waals surface area (Å²) in [5, 5.41) is 25.0. The van der Waals surface area contributed by atoms with Crippen molar-refractivity contribution in [2.24, 2.45) is 0 Å². The lowest BCUT2D eigenvalue weighted by Gasteiger charge is -2.05. The Labute approximate surface area is 157 Å². The maximum atomic E-state index is 12.4. The third kappa shape index (κ3) is 3.87. The number of nitrogens with one attached hydrogen (secondary N) is 2. The Bertz CT molecular complexity index is 1090. The standard InChI is InChI=1S/C17H15N5O6/c1-2-28-12-6-3-10(4-7-12)18-17(23)15(22(26)27)16-19-13-8-5-11(21(24)25)9-14(13)20-16/h3-9,11,20H,2H2,1H3,(H,18,23)/b16-15-. The highest BCUT2D eigenvalue weighted by atomic mass is 16.6. The van der Waals surface area contributed by atoms with E-state index in [0.717, 1.165) is 0 Å². The van der Waals surface area contributed by atoms with Crippen molar-refractivity contribution in [1.82, 2.24) is 9.97 Å². The number of ether oxygens (including phenoxy) is 1. The lowest BCUT2D eigenvalue weighted by atomic mass is 10.1. The number of anilines is 1. The van der Waals surface area contributed by atoms with Crippen molar-refractivity contribution in [3.05, 3.63) is 67.1 Å². The molecule has 3 rings (SSSR count). The molecule has 0 radical (unpaired) electrons. The van der Waals surface area contributed by atoms with Crippen LogP contribution in [0.4, 0.5) is 5.69 Å². The van der Waals surface area contributed by atoms with Crippen molar-refractivity contribution in [3.63, 3.8) is 0 Å². The number of fused-ring (bicyclic) bond motifs is 1. The summed E-state index contributed by atoms with van der Waals surface area (Å²) in [5.74, 6) is -0.379. The van der Waals surface area contributed by atoms with Crippen molar-refractivity contribution in [2.45, 2.75) is 13.0 Å². The molecule has 11 nitrogen and oxygen atoms in total. The lowest BCUT2D eigenvalue weighted by molar-refractivity contribution is -0.491. The number of hydrogen-bond acceptors (Lipinski definition) is 7. The summed E-state index contributed by atoms with van der Waals surface area (Å²) in [4.78, 5) is 40.0. The van der Waals surface area contributed by atoms with Crippen LogP contribution in [0.3, 0.4) is 0 Å². The van der Waals surface area contributed by atoms with Gasteiger partial charge in [-0.05, 0) is 43.3 Å². The second-order valence-corrected chi connectivity index (χ2v) is 5.70. The number of hydrogen-bond donors (Lipinski definition) is 2. The first-order valence-corrected chi connectivity index (χ1v) is 8.21. The number of aromatic nitrogens is 2. The van der Waals surface area contributed by atoms with Crippen molar-refractivity contribution in [2.75, 3.05) is 11.9 Å². The molecule has 1 unspecified atom stereocenters. The molecule has 2 aromatic rings. The molecule has 1 aliphatic carbocycles. The first-order chi connectivity index (χ1) is 13.4. The zero-order valence-electron chi connectivity index (χ0n) is 14.6. The van der Waals surface area contributed by atoms with Crippen LogP contribution in [-0.2, 0) is 4.79 Å². The number of benzene rings is 1. The van der Waals surface area contributed by atoms with Gasteiger partial charge in [-0.15, -0.1) is 0 Å². The largest absolute Gasteiger partial charge is 0.494 e. The summed E-state index contributed by atoms with van der Waals surface area (Å²) in [6, 6.07) is 5.26. The van der Waals surface area contributed by atoms with Crippen LogP contribution < -0.4 is 20.9 Å². The molecule has 2 N–H and O–H groups in total. The van der Waals surface area contributed by atoms with Gasteiger partial charge in [0, 0.05) is 16.7 Å². The number of carbonyl (C=O) groups excluding carboxylic acids is 1. The molecule has 0 aliphatic heterocycles. The summed E-state index contributed by atoms with van der Waals surface area (Å²) in [6.45, 7) is 2.31. The molecule has 1 aliphatic rings. The highest BCUT2D eigenvalue weighted by molar-refractivity contribution is 6.16. The molecule has 0 saturated heterocycles. The predicted octanol–water partition coefficient (Wildman–Crippen LogP) is 0.285. The van der Waals surface area contributed by atoms with E-state index in [1.54, 1.807) is 24.3 Å².